The van der Waals surface area contributed by atoms with Crippen molar-refractivity contribution in [3.63, 3.8) is 0 Å². The highest BCUT2D eigenvalue weighted by atomic mass is 32.2. The van der Waals surface area contributed by atoms with E-state index in [1.807, 2.05) is 12.1 Å². The van der Waals surface area contributed by atoms with Crippen LogP contribution in [0.2, 0.25) is 0 Å². The van der Waals surface area contributed by atoms with Gasteiger partial charge in [-0.1, -0.05) is 32.9 Å². The number of rotatable bonds is 8. The smallest absolute Gasteiger partial charge is 0.240 e. The van der Waals surface area contributed by atoms with Gasteiger partial charge in [-0.3, -0.25) is 4.79 Å². The van der Waals surface area contributed by atoms with Crippen molar-refractivity contribution >= 4 is 15.9 Å². The maximum absolute atomic E-state index is 12.2. The third-order valence-electron chi connectivity index (χ3n) is 3.30. The normalized spacial score (nSPS) is 12.2. The average Bonchev–Trinajstić information content (AvgIpc) is 2.46. The van der Waals surface area contributed by atoms with Crippen LogP contribution in [0.25, 0.3) is 0 Å². The van der Waals surface area contributed by atoms with Crippen LogP contribution in [0.15, 0.2) is 29.2 Å². The number of methoxy groups -OCH3 is 1. The molecule has 0 saturated heterocycles. The quantitative estimate of drug-likeness (QED) is 0.700. The minimum absolute atomic E-state index is 0.0317. The summed E-state index contributed by atoms with van der Waals surface area (Å²) in [4.78, 5) is 11.7. The molecule has 0 aliphatic carbocycles. The molecule has 6 nitrogen and oxygen atoms in total. The second-order valence-corrected chi connectivity index (χ2v) is 8.03. The molecule has 0 saturated carbocycles. The van der Waals surface area contributed by atoms with Gasteiger partial charge in [0.25, 0.3) is 0 Å². The number of nitrogens with one attached hydrogen (secondary N) is 2. The monoisotopic (exact) mass is 342 g/mol. The van der Waals surface area contributed by atoms with E-state index in [9.17, 15) is 13.2 Å². The molecule has 0 bridgehead atoms. The van der Waals surface area contributed by atoms with Crippen molar-refractivity contribution in [2.75, 3.05) is 26.8 Å². The van der Waals surface area contributed by atoms with Crippen LogP contribution in [0.3, 0.4) is 0 Å². The van der Waals surface area contributed by atoms with Gasteiger partial charge in [0.1, 0.15) is 0 Å². The lowest BCUT2D eigenvalue weighted by molar-refractivity contribution is -0.121. The molecule has 130 valence electrons. The Morgan fingerprint density at radius 1 is 1.13 bits per heavy atom. The summed E-state index contributed by atoms with van der Waals surface area (Å²) in [5, 5.41) is 2.63. The van der Waals surface area contributed by atoms with Gasteiger partial charge in [0, 0.05) is 26.6 Å². The van der Waals surface area contributed by atoms with Gasteiger partial charge in [0.15, 0.2) is 0 Å². The molecule has 0 heterocycles. The number of ether oxygens (including phenoxy) is 1. The van der Waals surface area contributed by atoms with Gasteiger partial charge >= 0.3 is 0 Å². The highest BCUT2D eigenvalue weighted by molar-refractivity contribution is 7.89. The summed E-state index contributed by atoms with van der Waals surface area (Å²) in [6.07, 6.45) is 0.0863. The predicted molar refractivity (Wildman–Crippen MR) is 89.8 cm³/mol. The number of hydrogen-bond donors (Lipinski definition) is 2. The van der Waals surface area contributed by atoms with Gasteiger partial charge in [-0.15, -0.1) is 0 Å². The maximum Gasteiger partial charge on any atom is 0.240 e. The Kier molecular flexibility index (Phi) is 7.18. The molecule has 1 amide bonds. The first-order valence-corrected chi connectivity index (χ1v) is 9.01. The average molecular weight is 342 g/mol. The number of amides is 1. The zero-order chi connectivity index (χ0) is 17.5. The number of hydrogen-bond acceptors (Lipinski definition) is 4. The van der Waals surface area contributed by atoms with Gasteiger partial charge in [-0.2, -0.15) is 0 Å². The lowest BCUT2D eigenvalue weighted by Crippen LogP contribution is -2.32. The van der Waals surface area contributed by atoms with Crippen molar-refractivity contribution < 1.29 is 17.9 Å². The van der Waals surface area contributed by atoms with Crippen molar-refractivity contribution in [3.05, 3.63) is 29.8 Å². The van der Waals surface area contributed by atoms with E-state index in [0.29, 0.717) is 13.2 Å². The molecule has 0 aromatic heterocycles. The second-order valence-electron chi connectivity index (χ2n) is 6.26. The van der Waals surface area contributed by atoms with Crippen LogP contribution in [0, 0.1) is 0 Å². The second kappa shape index (κ2) is 8.42. The van der Waals surface area contributed by atoms with E-state index in [1.165, 1.54) is 0 Å². The molecule has 0 aliphatic rings. The van der Waals surface area contributed by atoms with Crippen LogP contribution in [0.1, 0.15) is 32.8 Å². The van der Waals surface area contributed by atoms with Gasteiger partial charge in [-0.25, -0.2) is 13.1 Å². The summed E-state index contributed by atoms with van der Waals surface area (Å²) in [6.45, 7) is 7.10. The molecule has 1 aromatic rings. The molecule has 0 fully saturated rings. The first-order chi connectivity index (χ1) is 10.7. The molecule has 0 radical (unpaired) electrons. The van der Waals surface area contributed by atoms with Crippen LogP contribution >= 0.6 is 0 Å². The van der Waals surface area contributed by atoms with E-state index >= 15 is 0 Å². The Balaban J connectivity index is 2.54. The fourth-order valence-electron chi connectivity index (χ4n) is 1.90. The lowest BCUT2D eigenvalue weighted by atomic mass is 9.87. The van der Waals surface area contributed by atoms with Crippen molar-refractivity contribution in [1.29, 1.82) is 0 Å². The van der Waals surface area contributed by atoms with Crippen molar-refractivity contribution in [2.45, 2.75) is 37.5 Å². The number of sulfonamides is 1. The van der Waals surface area contributed by atoms with Crippen LogP contribution in [0.5, 0.6) is 0 Å². The van der Waals surface area contributed by atoms with E-state index in [4.69, 9.17) is 4.74 Å². The molecule has 23 heavy (non-hydrogen) atoms. The zero-order valence-electron chi connectivity index (χ0n) is 14.2. The minimum Gasteiger partial charge on any atom is -0.383 e. The largest absolute Gasteiger partial charge is 0.383 e. The van der Waals surface area contributed by atoms with Crippen LogP contribution in [0.4, 0.5) is 0 Å². The van der Waals surface area contributed by atoms with Crippen molar-refractivity contribution in [3.8, 4) is 0 Å². The van der Waals surface area contributed by atoms with Crippen LogP contribution < -0.4 is 10.0 Å². The molecular weight excluding hydrogens is 316 g/mol. The Labute approximate surface area is 138 Å². The van der Waals surface area contributed by atoms with E-state index in [2.05, 4.69) is 30.8 Å². The van der Waals surface area contributed by atoms with Crippen LogP contribution in [-0.2, 0) is 25.0 Å². The van der Waals surface area contributed by atoms with E-state index in [1.54, 1.807) is 19.2 Å². The Hall–Kier alpha value is -1.44. The minimum atomic E-state index is -3.60. The Morgan fingerprint density at radius 3 is 2.26 bits per heavy atom. The molecule has 0 atom stereocenters. The molecule has 2 N–H and O–H groups in total. The molecule has 7 heteroatoms. The zero-order valence-corrected chi connectivity index (χ0v) is 15.0. The van der Waals surface area contributed by atoms with Gasteiger partial charge in [-0.05, 0) is 23.1 Å². The number of carbonyl (C=O) groups excluding carboxylic acids is 1. The van der Waals surface area contributed by atoms with Crippen molar-refractivity contribution in [2.24, 2.45) is 0 Å². The summed E-state index contributed by atoms with van der Waals surface area (Å²) >= 11 is 0. The third-order valence-corrected chi connectivity index (χ3v) is 4.78. The molecule has 1 rings (SSSR count). The van der Waals surface area contributed by atoms with Gasteiger partial charge < -0.3 is 10.1 Å². The predicted octanol–water partition coefficient (Wildman–Crippen LogP) is 1.42. The van der Waals surface area contributed by atoms with E-state index in [0.717, 1.165) is 5.56 Å². The Morgan fingerprint density at radius 2 is 1.74 bits per heavy atom. The summed E-state index contributed by atoms with van der Waals surface area (Å²) in [5.74, 6) is -0.215. The van der Waals surface area contributed by atoms with Gasteiger partial charge in [0.2, 0.25) is 15.9 Å². The highest BCUT2D eigenvalue weighted by Gasteiger charge is 2.17. The lowest BCUT2D eigenvalue weighted by Gasteiger charge is -2.19. The first-order valence-electron chi connectivity index (χ1n) is 7.52. The first kappa shape index (κ1) is 19.6. The highest BCUT2D eigenvalue weighted by Crippen LogP contribution is 2.23. The molecule has 0 aliphatic heterocycles. The van der Waals surface area contributed by atoms with Crippen LogP contribution in [-0.4, -0.2) is 41.1 Å². The van der Waals surface area contributed by atoms with Crippen molar-refractivity contribution in [1.82, 2.24) is 10.0 Å². The Bertz CT molecular complexity index is 604. The topological polar surface area (TPSA) is 84.5 Å². The summed E-state index contributed by atoms with van der Waals surface area (Å²) < 4.78 is 31.6. The SMILES string of the molecule is COCCNC(=O)CCNS(=O)(=O)c1ccc(C(C)(C)C)cc1. The van der Waals surface area contributed by atoms with E-state index < -0.39 is 10.0 Å². The fourth-order valence-corrected chi connectivity index (χ4v) is 2.93. The molecule has 0 spiro atoms. The molecule has 0 unspecified atom stereocenters. The standard InChI is InChI=1S/C16H26N2O4S/c1-16(2,3)13-5-7-14(8-6-13)23(20,21)18-10-9-15(19)17-11-12-22-4/h5-8,18H,9-12H2,1-4H3,(H,17,19). The van der Waals surface area contributed by atoms with Gasteiger partial charge in [0.05, 0.1) is 11.5 Å². The third kappa shape index (κ3) is 6.68. The number of carbonyl (C=O) groups is 1. The maximum atomic E-state index is 12.2. The fraction of sp³-hybridized carbons (Fsp3) is 0.562. The number of benzene rings is 1. The molecular formula is C16H26N2O4S. The van der Waals surface area contributed by atoms with E-state index in [-0.39, 0.29) is 29.2 Å². The summed E-state index contributed by atoms with van der Waals surface area (Å²) in [7, 11) is -2.05. The summed E-state index contributed by atoms with van der Waals surface area (Å²) in [6, 6.07) is 6.79. The molecule has 1 aromatic carbocycles. The summed E-state index contributed by atoms with van der Waals surface area (Å²) in [5.41, 5.74) is 1.03.